The van der Waals surface area contributed by atoms with Crippen LogP contribution in [0.1, 0.15) is 24.8 Å². The molecule has 5 nitrogen and oxygen atoms in total. The third kappa shape index (κ3) is 4.17. The fourth-order valence-corrected chi connectivity index (χ4v) is 4.04. The summed E-state index contributed by atoms with van der Waals surface area (Å²) in [6.07, 6.45) is 5.70. The highest BCUT2D eigenvalue weighted by Crippen LogP contribution is 2.33. The van der Waals surface area contributed by atoms with Crippen molar-refractivity contribution in [1.82, 2.24) is 9.88 Å². The Morgan fingerprint density at radius 1 is 1.15 bits per heavy atom. The standard InChI is InChI=1S/C21H24FN3O2/c22-18-11-17(12-23-13-18)14-24-9-4-7-21(8-10-24)16-25(20(26)15-27-21)19-5-2-1-3-6-19/h1-3,5-6,11-13H,4,7-10,14-16H2. The molecule has 3 heterocycles. The topological polar surface area (TPSA) is 45.7 Å². The molecule has 27 heavy (non-hydrogen) atoms. The van der Waals surface area contributed by atoms with Gasteiger partial charge in [0.15, 0.2) is 0 Å². The maximum Gasteiger partial charge on any atom is 0.253 e. The number of ether oxygens (including phenoxy) is 1. The molecule has 1 aromatic carbocycles. The van der Waals surface area contributed by atoms with Gasteiger partial charge in [-0.2, -0.15) is 0 Å². The number of para-hydroxylation sites is 1. The summed E-state index contributed by atoms with van der Waals surface area (Å²) in [5, 5.41) is 0. The summed E-state index contributed by atoms with van der Waals surface area (Å²) in [4.78, 5) is 20.5. The van der Waals surface area contributed by atoms with Crippen LogP contribution in [-0.2, 0) is 16.1 Å². The van der Waals surface area contributed by atoms with Crippen LogP contribution in [-0.4, -0.2) is 47.6 Å². The Labute approximate surface area is 158 Å². The Hall–Kier alpha value is -2.31. The van der Waals surface area contributed by atoms with Gasteiger partial charge in [0.2, 0.25) is 0 Å². The number of carbonyl (C=O) groups is 1. The number of likely N-dealkylation sites (tertiary alicyclic amines) is 1. The minimum absolute atomic E-state index is 0.0127. The van der Waals surface area contributed by atoms with E-state index in [-0.39, 0.29) is 23.9 Å². The van der Waals surface area contributed by atoms with Gasteiger partial charge in [-0.15, -0.1) is 0 Å². The number of anilines is 1. The van der Waals surface area contributed by atoms with Crippen LogP contribution in [0.5, 0.6) is 0 Å². The number of hydrogen-bond acceptors (Lipinski definition) is 4. The normalized spacial score (nSPS) is 24.2. The quantitative estimate of drug-likeness (QED) is 0.834. The van der Waals surface area contributed by atoms with E-state index in [4.69, 9.17) is 4.74 Å². The first-order valence-electron chi connectivity index (χ1n) is 9.45. The number of benzene rings is 1. The molecule has 0 saturated carbocycles. The van der Waals surface area contributed by atoms with Gasteiger partial charge in [0.25, 0.3) is 5.91 Å². The van der Waals surface area contributed by atoms with Gasteiger partial charge in [-0.1, -0.05) is 18.2 Å². The molecule has 4 rings (SSSR count). The lowest BCUT2D eigenvalue weighted by molar-refractivity contribution is -0.140. The highest BCUT2D eigenvalue weighted by atomic mass is 19.1. The minimum Gasteiger partial charge on any atom is -0.363 e. The van der Waals surface area contributed by atoms with Crippen LogP contribution < -0.4 is 4.90 Å². The maximum absolute atomic E-state index is 13.4. The van der Waals surface area contributed by atoms with E-state index >= 15 is 0 Å². The number of rotatable bonds is 3. The molecule has 0 radical (unpaired) electrons. The molecule has 0 N–H and O–H groups in total. The van der Waals surface area contributed by atoms with Crippen molar-refractivity contribution in [2.75, 3.05) is 31.1 Å². The molecular formula is C21H24FN3O2. The zero-order valence-corrected chi connectivity index (χ0v) is 15.3. The van der Waals surface area contributed by atoms with Crippen LogP contribution in [0.15, 0.2) is 48.8 Å². The number of aromatic nitrogens is 1. The number of halogens is 1. The Balaban J connectivity index is 1.44. The molecule has 1 spiro atoms. The molecule has 1 atom stereocenters. The van der Waals surface area contributed by atoms with Gasteiger partial charge in [0.05, 0.1) is 18.3 Å². The van der Waals surface area contributed by atoms with E-state index < -0.39 is 0 Å². The third-order valence-electron chi connectivity index (χ3n) is 5.48. The molecule has 1 amide bonds. The molecule has 1 unspecified atom stereocenters. The van der Waals surface area contributed by atoms with E-state index in [0.717, 1.165) is 43.6 Å². The Morgan fingerprint density at radius 2 is 2.00 bits per heavy atom. The molecule has 2 fully saturated rings. The van der Waals surface area contributed by atoms with Crippen molar-refractivity contribution in [3.63, 3.8) is 0 Å². The van der Waals surface area contributed by atoms with Gasteiger partial charge >= 0.3 is 0 Å². The van der Waals surface area contributed by atoms with Crippen molar-refractivity contribution in [2.24, 2.45) is 0 Å². The molecule has 2 saturated heterocycles. The number of carbonyl (C=O) groups excluding carboxylic acids is 1. The average molecular weight is 369 g/mol. The molecule has 0 bridgehead atoms. The van der Waals surface area contributed by atoms with E-state index in [9.17, 15) is 9.18 Å². The first kappa shape index (κ1) is 18.1. The number of hydrogen-bond donors (Lipinski definition) is 0. The fourth-order valence-electron chi connectivity index (χ4n) is 4.04. The zero-order chi connectivity index (χ0) is 18.7. The molecule has 142 valence electrons. The van der Waals surface area contributed by atoms with Crippen molar-refractivity contribution < 1.29 is 13.9 Å². The first-order chi connectivity index (χ1) is 13.1. The van der Waals surface area contributed by atoms with Gasteiger partial charge in [0, 0.05) is 25.0 Å². The van der Waals surface area contributed by atoms with E-state index in [1.165, 1.54) is 6.20 Å². The smallest absolute Gasteiger partial charge is 0.253 e. The van der Waals surface area contributed by atoms with E-state index in [2.05, 4.69) is 9.88 Å². The highest BCUT2D eigenvalue weighted by Gasteiger charge is 2.41. The minimum atomic E-state index is -0.307. The fraction of sp³-hybridized carbons (Fsp3) is 0.429. The molecule has 2 aliphatic rings. The van der Waals surface area contributed by atoms with Crippen LogP contribution in [0, 0.1) is 5.82 Å². The van der Waals surface area contributed by atoms with E-state index in [1.807, 2.05) is 35.2 Å². The van der Waals surface area contributed by atoms with Crippen LogP contribution in [0.2, 0.25) is 0 Å². The van der Waals surface area contributed by atoms with Gasteiger partial charge in [-0.25, -0.2) is 4.39 Å². The first-order valence-corrected chi connectivity index (χ1v) is 9.45. The molecule has 6 heteroatoms. The molecule has 1 aromatic heterocycles. The Kier molecular flexibility index (Phi) is 5.18. The number of morpholine rings is 1. The van der Waals surface area contributed by atoms with Crippen molar-refractivity contribution in [1.29, 1.82) is 0 Å². The predicted octanol–water partition coefficient (Wildman–Crippen LogP) is 3.01. The monoisotopic (exact) mass is 369 g/mol. The summed E-state index contributed by atoms with van der Waals surface area (Å²) >= 11 is 0. The molecule has 0 aliphatic carbocycles. The second kappa shape index (κ2) is 7.74. The van der Waals surface area contributed by atoms with Gasteiger partial charge in [0.1, 0.15) is 12.4 Å². The molecule has 2 aliphatic heterocycles. The van der Waals surface area contributed by atoms with Gasteiger partial charge in [-0.3, -0.25) is 14.7 Å². The van der Waals surface area contributed by atoms with Crippen LogP contribution in [0.3, 0.4) is 0 Å². The van der Waals surface area contributed by atoms with E-state index in [0.29, 0.717) is 13.1 Å². The highest BCUT2D eigenvalue weighted by molar-refractivity contribution is 5.95. The SMILES string of the molecule is O=C1COC2(CCCN(Cc3cncc(F)c3)CC2)CN1c1ccccc1. The summed E-state index contributed by atoms with van der Waals surface area (Å²) in [6, 6.07) is 11.3. The lowest BCUT2D eigenvalue weighted by Crippen LogP contribution is -2.55. The van der Waals surface area contributed by atoms with Crippen LogP contribution in [0.4, 0.5) is 10.1 Å². The van der Waals surface area contributed by atoms with Crippen LogP contribution >= 0.6 is 0 Å². The van der Waals surface area contributed by atoms with Crippen LogP contribution in [0.25, 0.3) is 0 Å². The summed E-state index contributed by atoms with van der Waals surface area (Å²) in [7, 11) is 0. The van der Waals surface area contributed by atoms with Gasteiger partial charge < -0.3 is 9.64 Å². The van der Waals surface area contributed by atoms with Gasteiger partial charge in [-0.05, 0) is 49.6 Å². The molecular weight excluding hydrogens is 345 g/mol. The van der Waals surface area contributed by atoms with Crippen molar-refractivity contribution in [3.8, 4) is 0 Å². The largest absolute Gasteiger partial charge is 0.363 e. The summed E-state index contributed by atoms with van der Waals surface area (Å²) in [5.41, 5.74) is 1.51. The zero-order valence-electron chi connectivity index (χ0n) is 15.3. The Morgan fingerprint density at radius 3 is 2.81 bits per heavy atom. The van der Waals surface area contributed by atoms with Crippen molar-refractivity contribution in [3.05, 3.63) is 60.2 Å². The lowest BCUT2D eigenvalue weighted by atomic mass is 9.92. The number of nitrogens with zero attached hydrogens (tertiary/aromatic N) is 3. The second-order valence-corrected chi connectivity index (χ2v) is 7.43. The Bertz CT molecular complexity index is 801. The van der Waals surface area contributed by atoms with Crippen molar-refractivity contribution in [2.45, 2.75) is 31.4 Å². The average Bonchev–Trinajstić information content (AvgIpc) is 2.87. The second-order valence-electron chi connectivity index (χ2n) is 7.43. The number of pyridine rings is 1. The summed E-state index contributed by atoms with van der Waals surface area (Å²) < 4.78 is 19.5. The van der Waals surface area contributed by atoms with Crippen molar-refractivity contribution >= 4 is 11.6 Å². The lowest BCUT2D eigenvalue weighted by Gasteiger charge is -2.42. The van der Waals surface area contributed by atoms with E-state index in [1.54, 1.807) is 12.3 Å². The third-order valence-corrected chi connectivity index (χ3v) is 5.48. The number of amides is 1. The predicted molar refractivity (Wildman–Crippen MR) is 101 cm³/mol. The summed E-state index contributed by atoms with van der Waals surface area (Å²) in [6.45, 7) is 3.18. The maximum atomic E-state index is 13.4. The summed E-state index contributed by atoms with van der Waals surface area (Å²) in [5.74, 6) is -0.287. The molecule has 2 aromatic rings.